The van der Waals surface area contributed by atoms with Crippen LogP contribution in [0.1, 0.15) is 49.7 Å². The molecule has 136 valence electrons. The molecule has 6 heteroatoms. The summed E-state index contributed by atoms with van der Waals surface area (Å²) in [6.07, 6.45) is 0.138. The molecule has 1 heterocycles. The van der Waals surface area contributed by atoms with Crippen LogP contribution < -0.4 is 10.1 Å². The number of hydrogen-bond donors (Lipinski definition) is 1. The molecular formula is C20H24N4O2. The Balaban J connectivity index is 1.70. The van der Waals surface area contributed by atoms with E-state index in [0.29, 0.717) is 5.56 Å². The van der Waals surface area contributed by atoms with Gasteiger partial charge < -0.3 is 10.1 Å². The fourth-order valence-electron chi connectivity index (χ4n) is 2.82. The van der Waals surface area contributed by atoms with Gasteiger partial charge in [0, 0.05) is 12.1 Å². The van der Waals surface area contributed by atoms with E-state index < -0.39 is 0 Å². The van der Waals surface area contributed by atoms with Gasteiger partial charge in [-0.1, -0.05) is 17.3 Å². The van der Waals surface area contributed by atoms with Gasteiger partial charge >= 0.3 is 0 Å². The van der Waals surface area contributed by atoms with Crippen LogP contribution in [0.3, 0.4) is 0 Å². The van der Waals surface area contributed by atoms with Crippen molar-refractivity contribution in [2.24, 2.45) is 0 Å². The van der Waals surface area contributed by atoms with E-state index in [1.54, 1.807) is 16.8 Å². The molecule has 3 aromatic rings. The number of aryl methyl sites for hydroxylation is 1. The summed E-state index contributed by atoms with van der Waals surface area (Å²) in [5.74, 6) is 0.694. The average molecular weight is 352 g/mol. The number of aromatic nitrogens is 3. The Bertz CT molecular complexity index is 900. The first-order chi connectivity index (χ1) is 12.5. The number of fused-ring (bicyclic) bond motifs is 1. The molecule has 1 N–H and O–H groups in total. The molecular weight excluding hydrogens is 328 g/mol. The Morgan fingerprint density at radius 1 is 1.15 bits per heavy atom. The fraction of sp³-hybridized carbons (Fsp3) is 0.350. The summed E-state index contributed by atoms with van der Waals surface area (Å²) in [6, 6.07) is 13.1. The minimum Gasteiger partial charge on any atom is -0.491 e. The molecule has 6 nitrogen and oxygen atoms in total. The second kappa shape index (κ2) is 7.56. The van der Waals surface area contributed by atoms with Crippen LogP contribution in [0.2, 0.25) is 0 Å². The highest BCUT2D eigenvalue weighted by molar-refractivity contribution is 5.97. The lowest BCUT2D eigenvalue weighted by Crippen LogP contribution is -2.26. The molecule has 0 spiro atoms. The van der Waals surface area contributed by atoms with Crippen molar-refractivity contribution in [1.29, 1.82) is 0 Å². The molecule has 3 rings (SSSR count). The molecule has 0 saturated carbocycles. The predicted octanol–water partition coefficient (Wildman–Crippen LogP) is 3.73. The number of carbonyl (C=O) groups excluding carboxylic acids is 1. The molecule has 1 unspecified atom stereocenters. The number of nitrogens with one attached hydrogen (secondary N) is 1. The number of carbonyl (C=O) groups is 1. The third-order valence-electron chi connectivity index (χ3n) is 4.18. The SMILES string of the molecule is CCn1nnc2cc(C(=O)NC(C)c3ccc(OC(C)C)cc3)ccc21. The Labute approximate surface area is 153 Å². The van der Waals surface area contributed by atoms with E-state index in [1.165, 1.54) is 0 Å². The van der Waals surface area contributed by atoms with Crippen LogP contribution in [0.5, 0.6) is 5.75 Å². The van der Waals surface area contributed by atoms with E-state index in [9.17, 15) is 4.79 Å². The van der Waals surface area contributed by atoms with Gasteiger partial charge in [0.15, 0.2) is 0 Å². The first-order valence-corrected chi connectivity index (χ1v) is 8.88. The molecule has 1 atom stereocenters. The van der Waals surface area contributed by atoms with E-state index in [0.717, 1.165) is 28.9 Å². The highest BCUT2D eigenvalue weighted by Crippen LogP contribution is 2.20. The number of nitrogens with zero attached hydrogens (tertiary/aromatic N) is 3. The van der Waals surface area contributed by atoms with Crippen molar-refractivity contribution in [3.8, 4) is 5.75 Å². The minimum absolute atomic E-state index is 0.113. The lowest BCUT2D eigenvalue weighted by Gasteiger charge is -2.16. The molecule has 0 saturated heterocycles. The Morgan fingerprint density at radius 2 is 1.88 bits per heavy atom. The molecule has 1 amide bonds. The van der Waals surface area contributed by atoms with Crippen molar-refractivity contribution in [2.75, 3.05) is 0 Å². The van der Waals surface area contributed by atoms with Crippen LogP contribution in [0.25, 0.3) is 11.0 Å². The Morgan fingerprint density at radius 3 is 2.54 bits per heavy atom. The van der Waals surface area contributed by atoms with Gasteiger partial charge in [0.25, 0.3) is 5.91 Å². The molecule has 0 bridgehead atoms. The molecule has 2 aromatic carbocycles. The Kier molecular flexibility index (Phi) is 5.21. The summed E-state index contributed by atoms with van der Waals surface area (Å²) in [7, 11) is 0. The van der Waals surface area contributed by atoms with Crippen molar-refractivity contribution in [2.45, 2.75) is 46.4 Å². The van der Waals surface area contributed by atoms with Crippen LogP contribution in [0, 0.1) is 0 Å². The summed E-state index contributed by atoms with van der Waals surface area (Å²) in [5.41, 5.74) is 3.25. The number of rotatable bonds is 6. The van der Waals surface area contributed by atoms with Gasteiger partial charge in [-0.05, 0) is 63.6 Å². The molecule has 1 aromatic heterocycles. The maximum absolute atomic E-state index is 12.6. The van der Waals surface area contributed by atoms with E-state index in [-0.39, 0.29) is 18.1 Å². The third kappa shape index (κ3) is 3.85. The highest BCUT2D eigenvalue weighted by Gasteiger charge is 2.13. The van der Waals surface area contributed by atoms with Gasteiger partial charge in [0.1, 0.15) is 11.3 Å². The maximum atomic E-state index is 12.6. The van der Waals surface area contributed by atoms with Crippen molar-refractivity contribution in [3.05, 3.63) is 53.6 Å². The van der Waals surface area contributed by atoms with Crippen molar-refractivity contribution in [1.82, 2.24) is 20.3 Å². The zero-order chi connectivity index (χ0) is 18.7. The van der Waals surface area contributed by atoms with Crippen molar-refractivity contribution in [3.63, 3.8) is 0 Å². The standard InChI is InChI=1S/C20H24N4O2/c1-5-24-19-11-8-16(12-18(19)22-23-24)20(25)21-14(4)15-6-9-17(10-7-15)26-13(2)3/h6-14H,5H2,1-4H3,(H,21,25). The van der Waals surface area contributed by atoms with Gasteiger partial charge in [-0.15, -0.1) is 5.10 Å². The predicted molar refractivity (Wildman–Crippen MR) is 101 cm³/mol. The number of ether oxygens (including phenoxy) is 1. The zero-order valence-corrected chi connectivity index (χ0v) is 15.6. The molecule has 26 heavy (non-hydrogen) atoms. The number of hydrogen-bond acceptors (Lipinski definition) is 4. The third-order valence-corrected chi connectivity index (χ3v) is 4.18. The monoisotopic (exact) mass is 352 g/mol. The first-order valence-electron chi connectivity index (χ1n) is 8.88. The maximum Gasteiger partial charge on any atom is 0.251 e. The highest BCUT2D eigenvalue weighted by atomic mass is 16.5. The van der Waals surface area contributed by atoms with E-state index >= 15 is 0 Å². The van der Waals surface area contributed by atoms with Crippen molar-refractivity contribution < 1.29 is 9.53 Å². The summed E-state index contributed by atoms with van der Waals surface area (Å²) in [5, 5.41) is 11.2. The van der Waals surface area contributed by atoms with Crippen LogP contribution >= 0.6 is 0 Å². The zero-order valence-electron chi connectivity index (χ0n) is 15.6. The number of amides is 1. The van der Waals surface area contributed by atoms with Gasteiger partial charge in [-0.25, -0.2) is 4.68 Å². The Hall–Kier alpha value is -2.89. The first kappa shape index (κ1) is 17.9. The lowest BCUT2D eigenvalue weighted by atomic mass is 10.1. The second-order valence-corrected chi connectivity index (χ2v) is 6.54. The van der Waals surface area contributed by atoms with Gasteiger partial charge in [-0.2, -0.15) is 0 Å². The minimum atomic E-state index is -0.132. The van der Waals surface area contributed by atoms with Crippen LogP contribution in [-0.2, 0) is 6.54 Å². The average Bonchev–Trinajstić information content (AvgIpc) is 3.04. The normalized spacial score (nSPS) is 12.3. The van der Waals surface area contributed by atoms with Gasteiger partial charge in [-0.3, -0.25) is 4.79 Å². The van der Waals surface area contributed by atoms with E-state index in [4.69, 9.17) is 4.74 Å². The summed E-state index contributed by atoms with van der Waals surface area (Å²) in [6.45, 7) is 8.70. The molecule has 0 aliphatic rings. The quantitative estimate of drug-likeness (QED) is 0.734. The van der Waals surface area contributed by atoms with Crippen LogP contribution in [-0.4, -0.2) is 27.0 Å². The molecule has 0 fully saturated rings. The van der Waals surface area contributed by atoms with Crippen LogP contribution in [0.4, 0.5) is 0 Å². The van der Waals surface area contributed by atoms with Gasteiger partial charge in [0.05, 0.1) is 17.7 Å². The summed E-state index contributed by atoms with van der Waals surface area (Å²) in [4.78, 5) is 12.6. The van der Waals surface area contributed by atoms with Crippen molar-refractivity contribution >= 4 is 16.9 Å². The molecule has 0 aliphatic heterocycles. The smallest absolute Gasteiger partial charge is 0.251 e. The topological polar surface area (TPSA) is 69.0 Å². The van der Waals surface area contributed by atoms with Gasteiger partial charge in [0.2, 0.25) is 0 Å². The van der Waals surface area contributed by atoms with E-state index in [2.05, 4.69) is 15.6 Å². The molecule has 0 radical (unpaired) electrons. The number of benzene rings is 2. The van der Waals surface area contributed by atoms with Crippen LogP contribution in [0.15, 0.2) is 42.5 Å². The fourth-order valence-corrected chi connectivity index (χ4v) is 2.82. The second-order valence-electron chi connectivity index (χ2n) is 6.54. The molecule has 0 aliphatic carbocycles. The largest absolute Gasteiger partial charge is 0.491 e. The summed E-state index contributed by atoms with van der Waals surface area (Å²) >= 11 is 0. The van der Waals surface area contributed by atoms with E-state index in [1.807, 2.05) is 58.0 Å². The lowest BCUT2D eigenvalue weighted by molar-refractivity contribution is 0.0940. The summed E-state index contributed by atoms with van der Waals surface area (Å²) < 4.78 is 7.46.